The van der Waals surface area contributed by atoms with Crippen LogP contribution in [0.2, 0.25) is 0 Å². The average molecular weight is 451 g/mol. The minimum absolute atomic E-state index is 0.109. The second kappa shape index (κ2) is 10.5. The molecule has 0 aliphatic carbocycles. The number of amides is 1. The Bertz CT molecular complexity index is 910. The summed E-state index contributed by atoms with van der Waals surface area (Å²) in [7, 11) is 0. The average Bonchev–Trinajstić information content (AvgIpc) is 2.86. The molecule has 7 nitrogen and oxygen atoms in total. The van der Waals surface area contributed by atoms with Crippen molar-refractivity contribution in [2.45, 2.75) is 37.4 Å². The van der Waals surface area contributed by atoms with Crippen molar-refractivity contribution in [2.24, 2.45) is 0 Å². The van der Waals surface area contributed by atoms with E-state index in [1.807, 2.05) is 23.1 Å². The molecule has 0 spiro atoms. The second-order valence-corrected chi connectivity index (χ2v) is 9.15. The van der Waals surface area contributed by atoms with Crippen LogP contribution >= 0.6 is 0 Å². The van der Waals surface area contributed by atoms with Gasteiger partial charge in [-0.05, 0) is 57.0 Å². The van der Waals surface area contributed by atoms with Crippen LogP contribution in [0.1, 0.15) is 25.3 Å². The van der Waals surface area contributed by atoms with E-state index in [2.05, 4.69) is 45.9 Å². The highest BCUT2D eigenvalue weighted by molar-refractivity contribution is 5.84. The van der Waals surface area contributed by atoms with E-state index in [0.29, 0.717) is 25.2 Å². The number of piperazine rings is 1. The lowest BCUT2D eigenvalue weighted by atomic mass is 9.80. The molecule has 1 unspecified atom stereocenters. The van der Waals surface area contributed by atoms with Gasteiger partial charge in [0.25, 0.3) is 0 Å². The van der Waals surface area contributed by atoms with Crippen molar-refractivity contribution in [3.05, 3.63) is 66.2 Å². The minimum atomic E-state index is -1.22. The number of hydrogen-bond donors (Lipinski definition) is 2. The number of carbonyl (C=O) groups excluding carboxylic acids is 2. The lowest BCUT2D eigenvalue weighted by Gasteiger charge is -2.52. The van der Waals surface area contributed by atoms with Crippen LogP contribution in [0.25, 0.3) is 0 Å². The van der Waals surface area contributed by atoms with Gasteiger partial charge in [-0.15, -0.1) is 0 Å². The van der Waals surface area contributed by atoms with Gasteiger partial charge in [0.15, 0.2) is 5.66 Å². The number of rotatable bonds is 8. The first-order valence-corrected chi connectivity index (χ1v) is 11.8. The maximum atomic E-state index is 13.1. The van der Waals surface area contributed by atoms with Crippen LogP contribution in [0.5, 0.6) is 5.75 Å². The molecule has 2 aliphatic rings. The van der Waals surface area contributed by atoms with E-state index < -0.39 is 11.6 Å². The first-order chi connectivity index (χ1) is 16.1. The molecule has 1 atom stereocenters. The molecule has 4 rings (SSSR count). The SMILES string of the molecule is CC(NC=O)(C(=O)Oc1ccccc1)N1CCN(C2(Cc3ccccc3)CCNCC2)CC1. The van der Waals surface area contributed by atoms with E-state index in [0.717, 1.165) is 45.4 Å². The molecule has 0 saturated carbocycles. The Hall–Kier alpha value is -2.74. The molecule has 33 heavy (non-hydrogen) atoms. The van der Waals surface area contributed by atoms with Gasteiger partial charge in [0.2, 0.25) is 6.41 Å². The zero-order valence-corrected chi connectivity index (χ0v) is 19.3. The van der Waals surface area contributed by atoms with Crippen LogP contribution in [-0.4, -0.2) is 72.6 Å². The van der Waals surface area contributed by atoms with Gasteiger partial charge in [0.1, 0.15) is 5.75 Å². The molecule has 0 radical (unpaired) electrons. The standard InChI is InChI=1S/C26H34N4O3/c1-25(28-21-31,24(32)33-23-10-6-3-7-11-23)29-16-18-30(19-17-29)26(12-14-27-15-13-26)20-22-8-4-2-5-9-22/h2-11,21,27H,12-20H2,1H3,(H,28,31). The fourth-order valence-electron chi connectivity index (χ4n) is 5.19. The summed E-state index contributed by atoms with van der Waals surface area (Å²) in [5.74, 6) is -0.00769. The number of carbonyl (C=O) groups is 2. The third kappa shape index (κ3) is 5.27. The topological polar surface area (TPSA) is 73.9 Å². The zero-order chi connectivity index (χ0) is 23.2. The molecule has 2 N–H and O–H groups in total. The molecule has 2 aromatic carbocycles. The lowest BCUT2D eigenvalue weighted by molar-refractivity contribution is -0.154. The van der Waals surface area contributed by atoms with Crippen molar-refractivity contribution in [1.82, 2.24) is 20.4 Å². The summed E-state index contributed by atoms with van der Waals surface area (Å²) < 4.78 is 5.60. The molecule has 2 aliphatic heterocycles. The largest absolute Gasteiger partial charge is 0.424 e. The minimum Gasteiger partial charge on any atom is -0.424 e. The number of hydrogen-bond acceptors (Lipinski definition) is 6. The maximum absolute atomic E-state index is 13.1. The predicted octanol–water partition coefficient (Wildman–Crippen LogP) is 2.04. The number of esters is 1. The van der Waals surface area contributed by atoms with Crippen molar-refractivity contribution < 1.29 is 14.3 Å². The van der Waals surface area contributed by atoms with Crippen molar-refractivity contribution in [1.29, 1.82) is 0 Å². The molecule has 176 valence electrons. The number of para-hydroxylation sites is 1. The summed E-state index contributed by atoms with van der Waals surface area (Å²) in [6, 6.07) is 19.7. The van der Waals surface area contributed by atoms with E-state index in [1.165, 1.54) is 5.56 Å². The van der Waals surface area contributed by atoms with Crippen LogP contribution < -0.4 is 15.4 Å². The number of ether oxygens (including phenoxy) is 1. The van der Waals surface area contributed by atoms with Crippen molar-refractivity contribution in [3.8, 4) is 5.75 Å². The molecule has 2 fully saturated rings. The Balaban J connectivity index is 1.46. The third-order valence-electron chi connectivity index (χ3n) is 7.18. The monoisotopic (exact) mass is 450 g/mol. The van der Waals surface area contributed by atoms with Crippen LogP contribution in [0.3, 0.4) is 0 Å². The number of nitrogens with one attached hydrogen (secondary N) is 2. The number of piperidine rings is 1. The quantitative estimate of drug-likeness (QED) is 0.364. The smallest absolute Gasteiger partial charge is 0.352 e. The Morgan fingerprint density at radius 1 is 1.03 bits per heavy atom. The van der Waals surface area contributed by atoms with E-state index in [1.54, 1.807) is 19.1 Å². The van der Waals surface area contributed by atoms with Crippen LogP contribution in [-0.2, 0) is 16.0 Å². The summed E-state index contributed by atoms with van der Waals surface area (Å²) in [6.45, 7) is 6.77. The Labute approximate surface area is 196 Å². The van der Waals surface area contributed by atoms with E-state index in [4.69, 9.17) is 4.74 Å². The van der Waals surface area contributed by atoms with Crippen LogP contribution in [0.4, 0.5) is 0 Å². The zero-order valence-electron chi connectivity index (χ0n) is 19.3. The lowest BCUT2D eigenvalue weighted by Crippen LogP contribution is -2.69. The molecule has 0 bridgehead atoms. The van der Waals surface area contributed by atoms with E-state index in [9.17, 15) is 9.59 Å². The summed E-state index contributed by atoms with van der Waals surface area (Å²) >= 11 is 0. The fourth-order valence-corrected chi connectivity index (χ4v) is 5.19. The summed E-state index contributed by atoms with van der Waals surface area (Å²) in [4.78, 5) is 29.2. The van der Waals surface area contributed by atoms with E-state index >= 15 is 0 Å². The number of nitrogens with zero attached hydrogens (tertiary/aromatic N) is 2. The van der Waals surface area contributed by atoms with Gasteiger partial charge in [-0.2, -0.15) is 0 Å². The molecule has 2 aromatic rings. The highest BCUT2D eigenvalue weighted by Gasteiger charge is 2.45. The summed E-state index contributed by atoms with van der Waals surface area (Å²) in [6.07, 6.45) is 3.81. The Morgan fingerprint density at radius 3 is 2.24 bits per heavy atom. The third-order valence-corrected chi connectivity index (χ3v) is 7.18. The van der Waals surface area contributed by atoms with Crippen molar-refractivity contribution >= 4 is 12.4 Å². The normalized spacial score (nSPS) is 21.0. The van der Waals surface area contributed by atoms with E-state index in [-0.39, 0.29) is 5.54 Å². The second-order valence-electron chi connectivity index (χ2n) is 9.15. The molecule has 0 aromatic heterocycles. The summed E-state index contributed by atoms with van der Waals surface area (Å²) in [5, 5.41) is 6.24. The van der Waals surface area contributed by atoms with Gasteiger partial charge < -0.3 is 15.4 Å². The fraction of sp³-hybridized carbons (Fsp3) is 0.462. The highest BCUT2D eigenvalue weighted by atomic mass is 16.5. The van der Waals surface area contributed by atoms with Crippen molar-refractivity contribution in [2.75, 3.05) is 39.3 Å². The maximum Gasteiger partial charge on any atom is 0.352 e. The van der Waals surface area contributed by atoms with Gasteiger partial charge in [0.05, 0.1) is 0 Å². The molecule has 7 heteroatoms. The van der Waals surface area contributed by atoms with Crippen molar-refractivity contribution in [3.63, 3.8) is 0 Å². The van der Waals surface area contributed by atoms with Crippen LogP contribution in [0.15, 0.2) is 60.7 Å². The van der Waals surface area contributed by atoms with Crippen LogP contribution in [0, 0.1) is 0 Å². The highest BCUT2D eigenvalue weighted by Crippen LogP contribution is 2.32. The van der Waals surface area contributed by atoms with Gasteiger partial charge >= 0.3 is 5.97 Å². The molecular weight excluding hydrogens is 416 g/mol. The first-order valence-electron chi connectivity index (χ1n) is 11.8. The Kier molecular flexibility index (Phi) is 7.42. The molecular formula is C26H34N4O3. The summed E-state index contributed by atoms with van der Waals surface area (Å²) in [5.41, 5.74) is 0.253. The van der Waals surface area contributed by atoms with Gasteiger partial charge in [-0.3, -0.25) is 14.6 Å². The first kappa shape index (κ1) is 23.4. The molecule has 1 amide bonds. The number of benzene rings is 2. The van der Waals surface area contributed by atoms with Gasteiger partial charge in [-0.25, -0.2) is 4.79 Å². The van der Waals surface area contributed by atoms with Gasteiger partial charge in [0, 0.05) is 31.7 Å². The molecule has 2 heterocycles. The molecule has 2 saturated heterocycles. The Morgan fingerprint density at radius 2 is 1.64 bits per heavy atom. The van der Waals surface area contributed by atoms with Gasteiger partial charge in [-0.1, -0.05) is 48.5 Å². The predicted molar refractivity (Wildman–Crippen MR) is 128 cm³/mol.